The number of imidazole rings is 2. The topological polar surface area (TPSA) is 56.9 Å². The van der Waals surface area contributed by atoms with Gasteiger partial charge in [0.2, 0.25) is 0 Å². The van der Waals surface area contributed by atoms with Crippen molar-refractivity contribution in [3.63, 3.8) is 0 Å². The van der Waals surface area contributed by atoms with Crippen molar-refractivity contribution in [2.24, 2.45) is 0 Å². The Hall–Kier alpha value is -4.84. The van der Waals surface area contributed by atoms with E-state index in [4.69, 9.17) is 9.72 Å². The Bertz CT molecular complexity index is 1730. The summed E-state index contributed by atoms with van der Waals surface area (Å²) in [6, 6.07) is 31.3. The third-order valence-corrected chi connectivity index (χ3v) is 6.80. The molecule has 0 amide bonds. The van der Waals surface area contributed by atoms with Crippen LogP contribution in [-0.4, -0.2) is 26.2 Å². The Morgan fingerprint density at radius 2 is 1.68 bits per heavy atom. The molecule has 0 saturated carbocycles. The van der Waals surface area contributed by atoms with E-state index in [0.29, 0.717) is 0 Å². The van der Waals surface area contributed by atoms with E-state index in [2.05, 4.69) is 94.6 Å². The van der Waals surface area contributed by atoms with Gasteiger partial charge in [-0.1, -0.05) is 60.7 Å². The molecule has 0 unspecified atom stereocenters. The van der Waals surface area contributed by atoms with Crippen molar-refractivity contribution in [1.82, 2.24) is 19.1 Å². The second kappa shape index (κ2) is 9.90. The molecular weight excluding hydrogens is 470 g/mol. The summed E-state index contributed by atoms with van der Waals surface area (Å²) in [6.07, 6.45) is 3.78. The molecule has 0 fully saturated rings. The van der Waals surface area contributed by atoms with Gasteiger partial charge in [-0.2, -0.15) is 0 Å². The molecule has 2 heterocycles. The van der Waals surface area contributed by atoms with Crippen molar-refractivity contribution in [3.8, 4) is 22.8 Å². The summed E-state index contributed by atoms with van der Waals surface area (Å²) < 4.78 is 10.0. The maximum absolute atomic E-state index is 5.73. The molecule has 0 aliphatic heterocycles. The first-order chi connectivity index (χ1) is 18.6. The van der Waals surface area contributed by atoms with Crippen LogP contribution in [0.2, 0.25) is 0 Å². The lowest BCUT2D eigenvalue weighted by molar-refractivity contribution is 0.413. The highest BCUT2D eigenvalue weighted by Gasteiger charge is 2.17. The van der Waals surface area contributed by atoms with Crippen molar-refractivity contribution in [1.29, 1.82) is 0 Å². The number of methoxy groups -OCH3 is 1. The SMILES string of the molecule is COc1cc(Nc2cccc3c2nc(-c2ccccc2C)n3Cc2ccccc2)ccc1-n1cnc(C)c1. The molecule has 6 heteroatoms. The number of para-hydroxylation sites is 1. The molecule has 6 aromatic rings. The van der Waals surface area contributed by atoms with Crippen molar-refractivity contribution in [2.45, 2.75) is 20.4 Å². The number of nitrogens with one attached hydrogen (secondary N) is 1. The lowest BCUT2D eigenvalue weighted by atomic mass is 10.1. The zero-order chi connectivity index (χ0) is 26.1. The molecule has 1 N–H and O–H groups in total. The van der Waals surface area contributed by atoms with Crippen molar-refractivity contribution in [3.05, 3.63) is 120 Å². The van der Waals surface area contributed by atoms with E-state index in [-0.39, 0.29) is 0 Å². The lowest BCUT2D eigenvalue weighted by Gasteiger charge is -2.13. The molecule has 0 aliphatic rings. The molecule has 188 valence electrons. The Morgan fingerprint density at radius 3 is 2.45 bits per heavy atom. The van der Waals surface area contributed by atoms with Crippen LogP contribution in [-0.2, 0) is 6.54 Å². The average molecular weight is 500 g/mol. The summed E-state index contributed by atoms with van der Waals surface area (Å²) in [6.45, 7) is 4.84. The van der Waals surface area contributed by atoms with Crippen LogP contribution in [0, 0.1) is 13.8 Å². The molecule has 38 heavy (non-hydrogen) atoms. The minimum atomic E-state index is 0.733. The highest BCUT2D eigenvalue weighted by atomic mass is 16.5. The largest absolute Gasteiger partial charge is 0.494 e. The van der Waals surface area contributed by atoms with Crippen molar-refractivity contribution < 1.29 is 4.74 Å². The van der Waals surface area contributed by atoms with Crippen molar-refractivity contribution in [2.75, 3.05) is 12.4 Å². The fourth-order valence-electron chi connectivity index (χ4n) is 4.88. The van der Waals surface area contributed by atoms with E-state index in [1.165, 1.54) is 11.1 Å². The molecule has 0 spiro atoms. The maximum atomic E-state index is 5.73. The summed E-state index contributed by atoms with van der Waals surface area (Å²) in [4.78, 5) is 9.55. The number of benzene rings is 4. The van der Waals surface area contributed by atoms with Crippen LogP contribution in [0.25, 0.3) is 28.1 Å². The first-order valence-corrected chi connectivity index (χ1v) is 12.7. The van der Waals surface area contributed by atoms with Gasteiger partial charge >= 0.3 is 0 Å². The molecule has 6 nitrogen and oxygen atoms in total. The van der Waals surface area contributed by atoms with Gasteiger partial charge in [-0.15, -0.1) is 0 Å². The molecule has 0 aliphatic carbocycles. The predicted octanol–water partition coefficient (Wildman–Crippen LogP) is 7.31. The normalized spacial score (nSPS) is 11.1. The molecule has 0 radical (unpaired) electrons. The van der Waals surface area contributed by atoms with Gasteiger partial charge in [-0.25, -0.2) is 9.97 Å². The summed E-state index contributed by atoms with van der Waals surface area (Å²) in [5, 5.41) is 3.60. The fourth-order valence-corrected chi connectivity index (χ4v) is 4.88. The minimum Gasteiger partial charge on any atom is -0.494 e. The Labute approximate surface area is 222 Å². The van der Waals surface area contributed by atoms with Crippen LogP contribution in [0.5, 0.6) is 5.75 Å². The van der Waals surface area contributed by atoms with Gasteiger partial charge in [0, 0.05) is 30.1 Å². The third kappa shape index (κ3) is 4.41. The summed E-state index contributed by atoms with van der Waals surface area (Å²) in [5.74, 6) is 1.72. The van der Waals surface area contributed by atoms with Gasteiger partial charge in [-0.3, -0.25) is 0 Å². The van der Waals surface area contributed by atoms with E-state index < -0.39 is 0 Å². The van der Waals surface area contributed by atoms with E-state index in [1.54, 1.807) is 13.4 Å². The van der Waals surface area contributed by atoms with E-state index >= 15 is 0 Å². The van der Waals surface area contributed by atoms with Crippen LogP contribution in [0.1, 0.15) is 16.8 Å². The molecular formula is C32H29N5O. The first-order valence-electron chi connectivity index (χ1n) is 12.7. The Kier molecular flexibility index (Phi) is 6.14. The second-order valence-corrected chi connectivity index (χ2v) is 9.43. The summed E-state index contributed by atoms with van der Waals surface area (Å²) in [7, 11) is 1.69. The van der Waals surface area contributed by atoms with Gasteiger partial charge in [0.05, 0.1) is 36.0 Å². The van der Waals surface area contributed by atoms with Crippen LogP contribution in [0.4, 0.5) is 11.4 Å². The number of aryl methyl sites for hydroxylation is 2. The summed E-state index contributed by atoms with van der Waals surface area (Å²) >= 11 is 0. The number of hydrogen-bond donors (Lipinski definition) is 1. The molecule has 0 atom stereocenters. The Balaban J connectivity index is 1.44. The quantitative estimate of drug-likeness (QED) is 0.250. The number of anilines is 2. The first kappa shape index (κ1) is 23.6. The highest BCUT2D eigenvalue weighted by Crippen LogP contribution is 2.34. The van der Waals surface area contributed by atoms with Crippen LogP contribution >= 0.6 is 0 Å². The standard InChI is InChI=1S/C32H29N5O/c1-22-10-7-8-13-26(22)32-35-31-27(14-9-15-29(31)37(32)20-24-11-5-4-6-12-24)34-25-16-17-28(30(18-25)38-3)36-19-23(2)33-21-36/h4-19,21,34H,20H2,1-3H3. The van der Waals surface area contributed by atoms with Gasteiger partial charge in [0.1, 0.15) is 17.1 Å². The minimum absolute atomic E-state index is 0.733. The van der Waals surface area contributed by atoms with Gasteiger partial charge in [0.25, 0.3) is 0 Å². The third-order valence-electron chi connectivity index (χ3n) is 6.80. The zero-order valence-corrected chi connectivity index (χ0v) is 21.7. The number of nitrogens with zero attached hydrogens (tertiary/aromatic N) is 4. The van der Waals surface area contributed by atoms with Crippen LogP contribution in [0.15, 0.2) is 104 Å². The Morgan fingerprint density at radius 1 is 0.868 bits per heavy atom. The number of aromatic nitrogens is 4. The lowest BCUT2D eigenvalue weighted by Crippen LogP contribution is -2.03. The molecule has 0 saturated heterocycles. The van der Waals surface area contributed by atoms with E-state index in [1.807, 2.05) is 35.9 Å². The smallest absolute Gasteiger partial charge is 0.144 e. The number of ether oxygens (including phenoxy) is 1. The van der Waals surface area contributed by atoms with Gasteiger partial charge in [-0.05, 0) is 49.2 Å². The highest BCUT2D eigenvalue weighted by molar-refractivity contribution is 5.93. The molecule has 0 bridgehead atoms. The molecule has 6 rings (SSSR count). The van der Waals surface area contributed by atoms with Crippen LogP contribution < -0.4 is 10.1 Å². The monoisotopic (exact) mass is 499 g/mol. The van der Waals surface area contributed by atoms with E-state index in [0.717, 1.165) is 57.5 Å². The maximum Gasteiger partial charge on any atom is 0.144 e. The van der Waals surface area contributed by atoms with Gasteiger partial charge in [0.15, 0.2) is 0 Å². The van der Waals surface area contributed by atoms with E-state index in [9.17, 15) is 0 Å². The molecule has 2 aromatic heterocycles. The number of hydrogen-bond acceptors (Lipinski definition) is 4. The zero-order valence-electron chi connectivity index (χ0n) is 21.7. The molecule has 4 aromatic carbocycles. The summed E-state index contributed by atoms with van der Waals surface area (Å²) in [5.41, 5.74) is 9.32. The second-order valence-electron chi connectivity index (χ2n) is 9.43. The number of fused-ring (bicyclic) bond motifs is 1. The van der Waals surface area contributed by atoms with Crippen LogP contribution in [0.3, 0.4) is 0 Å². The predicted molar refractivity (Wildman–Crippen MR) is 154 cm³/mol. The number of rotatable bonds is 7. The van der Waals surface area contributed by atoms with Gasteiger partial charge < -0.3 is 19.2 Å². The van der Waals surface area contributed by atoms with Crippen molar-refractivity contribution >= 4 is 22.4 Å². The fraction of sp³-hybridized carbons (Fsp3) is 0.125. The average Bonchev–Trinajstić information content (AvgIpc) is 3.54.